The second kappa shape index (κ2) is 8.64. The van der Waals surface area contributed by atoms with Crippen LogP contribution in [0.25, 0.3) is 10.9 Å². The molecular formula is C21H22N4O5. The van der Waals surface area contributed by atoms with Gasteiger partial charge in [0, 0.05) is 30.1 Å². The summed E-state index contributed by atoms with van der Waals surface area (Å²) in [5.41, 5.74) is 0.118. The fourth-order valence-electron chi connectivity index (χ4n) is 3.31. The number of benzene rings is 1. The van der Waals surface area contributed by atoms with Crippen LogP contribution in [0.5, 0.6) is 5.88 Å². The van der Waals surface area contributed by atoms with E-state index in [0.717, 1.165) is 21.0 Å². The topological polar surface area (TPSA) is 130 Å². The normalized spacial score (nSPS) is 12.7. The first-order chi connectivity index (χ1) is 14.4. The Morgan fingerprint density at radius 3 is 2.80 bits per heavy atom. The van der Waals surface area contributed by atoms with E-state index in [1.165, 1.54) is 20.1 Å². The number of hydrogen-bond acceptors (Lipinski definition) is 6. The molecule has 0 saturated carbocycles. The Balaban J connectivity index is 2.05. The Kier molecular flexibility index (Phi) is 6.01. The van der Waals surface area contributed by atoms with Gasteiger partial charge in [0.25, 0.3) is 5.56 Å². The van der Waals surface area contributed by atoms with Gasteiger partial charge in [-0.25, -0.2) is 9.59 Å². The highest BCUT2D eigenvalue weighted by atomic mass is 16.5. The number of carbonyl (C=O) groups excluding carboxylic acids is 1. The molecule has 0 aliphatic rings. The van der Waals surface area contributed by atoms with Crippen molar-refractivity contribution in [1.29, 1.82) is 0 Å². The third-order valence-corrected chi connectivity index (χ3v) is 4.76. The van der Waals surface area contributed by atoms with Crippen LogP contribution in [-0.2, 0) is 22.5 Å². The number of ether oxygens (including phenoxy) is 1. The summed E-state index contributed by atoms with van der Waals surface area (Å²) in [6.07, 6.45) is 3.42. The average Bonchev–Trinajstić information content (AvgIpc) is 3.12. The molecule has 0 fully saturated rings. The van der Waals surface area contributed by atoms with Gasteiger partial charge in [-0.15, -0.1) is 6.58 Å². The SMILES string of the molecule is C=CCn1c(O)c(C(C)=N[C@H](Cc2c[nH]c3ccccc23)C(=O)OC)c(=O)[nH]c1=O. The first-order valence-corrected chi connectivity index (χ1v) is 9.22. The summed E-state index contributed by atoms with van der Waals surface area (Å²) in [7, 11) is 1.25. The van der Waals surface area contributed by atoms with Gasteiger partial charge in [0.15, 0.2) is 6.04 Å². The lowest BCUT2D eigenvalue weighted by Gasteiger charge is -2.13. The molecule has 1 aromatic carbocycles. The van der Waals surface area contributed by atoms with E-state index in [0.29, 0.717) is 0 Å². The Bertz CT molecular complexity index is 1250. The van der Waals surface area contributed by atoms with E-state index < -0.39 is 29.1 Å². The number of methoxy groups -OCH3 is 1. The fourth-order valence-corrected chi connectivity index (χ4v) is 3.31. The third kappa shape index (κ3) is 3.95. The number of aromatic hydroxyl groups is 1. The molecule has 2 heterocycles. The second-order valence-electron chi connectivity index (χ2n) is 6.67. The number of aliphatic imine (C=N–C) groups is 1. The second-order valence-corrected chi connectivity index (χ2v) is 6.67. The molecule has 0 aliphatic heterocycles. The van der Waals surface area contributed by atoms with Crippen molar-refractivity contribution in [3.8, 4) is 5.88 Å². The molecule has 3 aromatic rings. The quantitative estimate of drug-likeness (QED) is 0.309. The van der Waals surface area contributed by atoms with Crippen LogP contribution in [0.1, 0.15) is 18.1 Å². The summed E-state index contributed by atoms with van der Waals surface area (Å²) < 4.78 is 5.83. The zero-order chi connectivity index (χ0) is 21.8. The van der Waals surface area contributed by atoms with Gasteiger partial charge in [-0.2, -0.15) is 0 Å². The van der Waals surface area contributed by atoms with Crippen LogP contribution in [0, 0.1) is 0 Å². The summed E-state index contributed by atoms with van der Waals surface area (Å²) >= 11 is 0. The molecule has 30 heavy (non-hydrogen) atoms. The van der Waals surface area contributed by atoms with Crippen LogP contribution in [0.2, 0.25) is 0 Å². The number of carbonyl (C=O) groups is 1. The highest BCUT2D eigenvalue weighted by Gasteiger charge is 2.23. The van der Waals surface area contributed by atoms with Crippen molar-refractivity contribution in [3.63, 3.8) is 0 Å². The molecule has 0 unspecified atom stereocenters. The lowest BCUT2D eigenvalue weighted by atomic mass is 10.0. The van der Waals surface area contributed by atoms with Crippen molar-refractivity contribution < 1.29 is 14.6 Å². The van der Waals surface area contributed by atoms with Gasteiger partial charge >= 0.3 is 11.7 Å². The minimum Gasteiger partial charge on any atom is -0.494 e. The number of aromatic amines is 2. The molecule has 1 atom stereocenters. The number of nitrogens with zero attached hydrogens (tertiary/aromatic N) is 2. The van der Waals surface area contributed by atoms with E-state index in [1.807, 2.05) is 24.3 Å². The van der Waals surface area contributed by atoms with Crippen LogP contribution < -0.4 is 11.2 Å². The number of aromatic nitrogens is 3. The molecule has 3 rings (SSSR count). The van der Waals surface area contributed by atoms with Gasteiger partial charge in [-0.3, -0.25) is 19.3 Å². The van der Waals surface area contributed by atoms with E-state index in [4.69, 9.17) is 4.74 Å². The number of nitrogens with one attached hydrogen (secondary N) is 2. The van der Waals surface area contributed by atoms with E-state index in [2.05, 4.69) is 21.5 Å². The summed E-state index contributed by atoms with van der Waals surface area (Å²) in [5, 5.41) is 11.4. The van der Waals surface area contributed by atoms with Gasteiger partial charge in [0.2, 0.25) is 5.88 Å². The Morgan fingerprint density at radius 2 is 2.10 bits per heavy atom. The lowest BCUT2D eigenvalue weighted by Crippen LogP contribution is -2.34. The number of para-hydroxylation sites is 1. The maximum absolute atomic E-state index is 12.4. The van der Waals surface area contributed by atoms with Crippen LogP contribution >= 0.6 is 0 Å². The number of allylic oxidation sites excluding steroid dienone is 1. The zero-order valence-electron chi connectivity index (χ0n) is 16.6. The van der Waals surface area contributed by atoms with E-state index >= 15 is 0 Å². The third-order valence-electron chi connectivity index (χ3n) is 4.76. The Morgan fingerprint density at radius 1 is 1.37 bits per heavy atom. The first kappa shape index (κ1) is 20.8. The lowest BCUT2D eigenvalue weighted by molar-refractivity contribution is -0.142. The van der Waals surface area contributed by atoms with Crippen LogP contribution in [0.3, 0.4) is 0 Å². The van der Waals surface area contributed by atoms with Gasteiger partial charge in [0.05, 0.1) is 12.8 Å². The predicted octanol–water partition coefficient (Wildman–Crippen LogP) is 1.50. The highest BCUT2D eigenvalue weighted by Crippen LogP contribution is 2.21. The molecule has 9 heteroatoms. The number of rotatable bonds is 7. The number of hydrogen-bond donors (Lipinski definition) is 3. The first-order valence-electron chi connectivity index (χ1n) is 9.22. The molecule has 0 bridgehead atoms. The number of fused-ring (bicyclic) bond motifs is 1. The van der Waals surface area contributed by atoms with Crippen molar-refractivity contribution >= 4 is 22.6 Å². The van der Waals surface area contributed by atoms with Crippen molar-refractivity contribution in [3.05, 3.63) is 75.1 Å². The predicted molar refractivity (Wildman–Crippen MR) is 113 cm³/mol. The highest BCUT2D eigenvalue weighted by molar-refractivity contribution is 6.01. The zero-order valence-corrected chi connectivity index (χ0v) is 16.6. The largest absolute Gasteiger partial charge is 0.494 e. The Hall–Kier alpha value is -3.88. The number of esters is 1. The average molecular weight is 410 g/mol. The summed E-state index contributed by atoms with van der Waals surface area (Å²) in [6.45, 7) is 5.01. The molecule has 0 saturated heterocycles. The maximum atomic E-state index is 12.4. The van der Waals surface area contributed by atoms with E-state index in [9.17, 15) is 19.5 Å². The number of H-pyrrole nitrogens is 2. The molecule has 0 aliphatic carbocycles. The summed E-state index contributed by atoms with van der Waals surface area (Å²) in [4.78, 5) is 46.3. The molecule has 9 nitrogen and oxygen atoms in total. The van der Waals surface area contributed by atoms with E-state index in [-0.39, 0.29) is 24.2 Å². The summed E-state index contributed by atoms with van der Waals surface area (Å²) in [6, 6.07) is 6.68. The minimum absolute atomic E-state index is 0.00248. The maximum Gasteiger partial charge on any atom is 0.331 e. The van der Waals surface area contributed by atoms with Gasteiger partial charge in [0.1, 0.15) is 5.56 Å². The monoisotopic (exact) mass is 410 g/mol. The Labute approximate surface area is 171 Å². The van der Waals surface area contributed by atoms with Crippen LogP contribution in [-0.4, -0.2) is 44.5 Å². The van der Waals surface area contributed by atoms with Crippen LogP contribution in [0.15, 0.2) is 57.7 Å². The smallest absolute Gasteiger partial charge is 0.331 e. The molecule has 0 radical (unpaired) electrons. The van der Waals surface area contributed by atoms with Crippen molar-refractivity contribution in [2.24, 2.45) is 4.99 Å². The molecule has 0 amide bonds. The molecule has 3 N–H and O–H groups in total. The van der Waals surface area contributed by atoms with Gasteiger partial charge in [-0.1, -0.05) is 24.3 Å². The van der Waals surface area contributed by atoms with E-state index in [1.54, 1.807) is 6.20 Å². The molecule has 0 spiro atoms. The van der Waals surface area contributed by atoms with Gasteiger partial charge in [-0.05, 0) is 18.6 Å². The van der Waals surface area contributed by atoms with Crippen LogP contribution in [0.4, 0.5) is 0 Å². The standard InChI is InChI=1S/C21H22N4O5/c1-4-9-25-19(27)17(18(26)24-21(25)29)12(2)23-16(20(28)30-3)10-13-11-22-15-8-6-5-7-14(13)15/h4-8,11,16,22,27H,1,9-10H2,2-3H3,(H,24,26,29)/t16-/m1/s1. The van der Waals surface area contributed by atoms with Gasteiger partial charge < -0.3 is 14.8 Å². The molecular weight excluding hydrogens is 388 g/mol. The van der Waals surface area contributed by atoms with Crippen molar-refractivity contribution in [2.45, 2.75) is 25.9 Å². The minimum atomic E-state index is -0.951. The molecule has 156 valence electrons. The van der Waals surface area contributed by atoms with Crippen molar-refractivity contribution in [1.82, 2.24) is 14.5 Å². The fraction of sp³-hybridized carbons (Fsp3) is 0.238. The summed E-state index contributed by atoms with van der Waals surface area (Å²) in [5.74, 6) is -1.13. The molecule has 2 aromatic heterocycles. The van der Waals surface area contributed by atoms with Crippen molar-refractivity contribution in [2.75, 3.05) is 7.11 Å².